The number of carbonyl (C=O) groups excluding carboxylic acids is 2. The van der Waals surface area contributed by atoms with Crippen molar-refractivity contribution in [1.29, 1.82) is 0 Å². The summed E-state index contributed by atoms with van der Waals surface area (Å²) in [4.78, 5) is 24.5. The van der Waals surface area contributed by atoms with Gasteiger partial charge in [-0.05, 0) is 24.8 Å². The van der Waals surface area contributed by atoms with Gasteiger partial charge in [-0.25, -0.2) is 0 Å². The van der Waals surface area contributed by atoms with Crippen molar-refractivity contribution >= 4 is 12.2 Å². The topological polar surface area (TPSA) is 37.4 Å². The van der Waals surface area contributed by atoms with Crippen LogP contribution in [0.25, 0.3) is 0 Å². The molecule has 1 aliphatic rings. The van der Waals surface area contributed by atoms with E-state index in [0.717, 1.165) is 32.1 Å². The molecule has 1 aromatic rings. The van der Waals surface area contributed by atoms with Crippen molar-refractivity contribution in [2.24, 2.45) is 0 Å². The molecule has 1 saturated heterocycles. The van der Waals surface area contributed by atoms with E-state index >= 15 is 0 Å². The van der Waals surface area contributed by atoms with E-state index in [0.29, 0.717) is 6.42 Å². The molecule has 3 nitrogen and oxygen atoms in total. The maximum Gasteiger partial charge on any atom is 0.223 e. The monoisotopic (exact) mass is 231 g/mol. The molecule has 1 heterocycles. The summed E-state index contributed by atoms with van der Waals surface area (Å²) in [6.45, 7) is 0.733. The highest BCUT2D eigenvalue weighted by atomic mass is 16.2. The number of aryl methyl sites for hydroxylation is 1. The Morgan fingerprint density at radius 2 is 2.12 bits per heavy atom. The number of aldehydes is 1. The third-order valence-corrected chi connectivity index (χ3v) is 3.25. The first-order valence-electron chi connectivity index (χ1n) is 6.10. The number of benzene rings is 1. The average Bonchev–Trinajstić information content (AvgIpc) is 2.85. The number of carbonyl (C=O) groups is 2. The maximum atomic E-state index is 12.0. The van der Waals surface area contributed by atoms with Crippen LogP contribution in [0.2, 0.25) is 0 Å². The highest BCUT2D eigenvalue weighted by Gasteiger charge is 2.27. The van der Waals surface area contributed by atoms with Crippen LogP contribution in [0, 0.1) is 0 Å². The lowest BCUT2D eigenvalue weighted by Gasteiger charge is -2.20. The Bertz CT molecular complexity index is 388. The Hall–Kier alpha value is -1.64. The van der Waals surface area contributed by atoms with Crippen LogP contribution >= 0.6 is 0 Å². The van der Waals surface area contributed by atoms with Gasteiger partial charge in [0, 0.05) is 13.0 Å². The maximum absolute atomic E-state index is 12.0. The normalized spacial score (nSPS) is 19.3. The van der Waals surface area contributed by atoms with Crippen LogP contribution in [-0.4, -0.2) is 29.7 Å². The first kappa shape index (κ1) is 11.8. The molecule has 0 aromatic heterocycles. The van der Waals surface area contributed by atoms with Crippen LogP contribution in [0.1, 0.15) is 24.8 Å². The van der Waals surface area contributed by atoms with Gasteiger partial charge < -0.3 is 9.69 Å². The van der Waals surface area contributed by atoms with E-state index in [4.69, 9.17) is 0 Å². The molecule has 1 unspecified atom stereocenters. The molecule has 1 aromatic carbocycles. The number of rotatable bonds is 4. The van der Waals surface area contributed by atoms with Gasteiger partial charge in [-0.15, -0.1) is 0 Å². The molecule has 0 bridgehead atoms. The molecule has 1 fully saturated rings. The van der Waals surface area contributed by atoms with Gasteiger partial charge in [0.2, 0.25) is 5.91 Å². The molecule has 0 spiro atoms. The third-order valence-electron chi connectivity index (χ3n) is 3.25. The summed E-state index contributed by atoms with van der Waals surface area (Å²) in [5.41, 5.74) is 1.17. The summed E-state index contributed by atoms with van der Waals surface area (Å²) in [6, 6.07) is 9.78. The molecule has 0 radical (unpaired) electrons. The van der Waals surface area contributed by atoms with Gasteiger partial charge in [-0.1, -0.05) is 30.3 Å². The van der Waals surface area contributed by atoms with Crippen molar-refractivity contribution in [2.45, 2.75) is 31.7 Å². The fourth-order valence-corrected chi connectivity index (χ4v) is 2.28. The Morgan fingerprint density at radius 1 is 1.35 bits per heavy atom. The Kier molecular flexibility index (Phi) is 3.91. The highest BCUT2D eigenvalue weighted by molar-refractivity contribution is 5.80. The molecule has 90 valence electrons. The Labute approximate surface area is 101 Å². The smallest absolute Gasteiger partial charge is 0.223 e. The number of nitrogens with zero attached hydrogens (tertiary/aromatic N) is 1. The summed E-state index contributed by atoms with van der Waals surface area (Å²) in [5, 5.41) is 0. The first-order chi connectivity index (χ1) is 8.31. The molecule has 1 atom stereocenters. The van der Waals surface area contributed by atoms with E-state index in [2.05, 4.69) is 0 Å². The molecule has 17 heavy (non-hydrogen) atoms. The van der Waals surface area contributed by atoms with Gasteiger partial charge in [0.05, 0.1) is 6.04 Å². The van der Waals surface area contributed by atoms with Crippen molar-refractivity contribution in [1.82, 2.24) is 4.90 Å². The van der Waals surface area contributed by atoms with Crippen molar-refractivity contribution in [3.05, 3.63) is 35.9 Å². The second kappa shape index (κ2) is 5.62. The summed E-state index contributed by atoms with van der Waals surface area (Å²) in [6.07, 6.45) is 3.91. The number of hydrogen-bond acceptors (Lipinski definition) is 2. The quantitative estimate of drug-likeness (QED) is 0.741. The van der Waals surface area contributed by atoms with Gasteiger partial charge in [-0.2, -0.15) is 0 Å². The van der Waals surface area contributed by atoms with E-state index in [-0.39, 0.29) is 11.9 Å². The standard InChI is InChI=1S/C14H17NO2/c16-11-13-7-4-10-15(13)14(17)9-8-12-5-2-1-3-6-12/h1-3,5-6,11,13H,4,7-10H2. The lowest BCUT2D eigenvalue weighted by Crippen LogP contribution is -2.36. The fraction of sp³-hybridized carbons (Fsp3) is 0.429. The van der Waals surface area contributed by atoms with Crippen LogP contribution in [0.3, 0.4) is 0 Å². The molecular weight excluding hydrogens is 214 g/mol. The molecule has 1 aliphatic heterocycles. The lowest BCUT2D eigenvalue weighted by molar-refractivity contribution is -0.134. The van der Waals surface area contributed by atoms with Crippen molar-refractivity contribution in [2.75, 3.05) is 6.54 Å². The minimum atomic E-state index is -0.182. The van der Waals surface area contributed by atoms with E-state index < -0.39 is 0 Å². The third kappa shape index (κ3) is 2.93. The van der Waals surface area contributed by atoms with Crippen LogP contribution < -0.4 is 0 Å². The predicted molar refractivity (Wildman–Crippen MR) is 65.6 cm³/mol. The van der Waals surface area contributed by atoms with E-state index in [1.165, 1.54) is 5.56 Å². The Balaban J connectivity index is 1.87. The number of likely N-dealkylation sites (tertiary alicyclic amines) is 1. The SMILES string of the molecule is O=CC1CCCN1C(=O)CCc1ccccc1. The zero-order valence-electron chi connectivity index (χ0n) is 9.84. The molecular formula is C14H17NO2. The molecule has 0 N–H and O–H groups in total. The molecule has 3 heteroatoms. The van der Waals surface area contributed by atoms with Crippen molar-refractivity contribution in [3.63, 3.8) is 0 Å². The minimum absolute atomic E-state index is 0.100. The summed E-state index contributed by atoms with van der Waals surface area (Å²) in [5.74, 6) is 0.100. The summed E-state index contributed by atoms with van der Waals surface area (Å²) < 4.78 is 0. The van der Waals surface area contributed by atoms with E-state index in [1.54, 1.807) is 4.90 Å². The number of amides is 1. The zero-order valence-corrected chi connectivity index (χ0v) is 9.84. The Morgan fingerprint density at radius 3 is 2.82 bits per heavy atom. The second-order valence-electron chi connectivity index (χ2n) is 4.42. The second-order valence-corrected chi connectivity index (χ2v) is 4.42. The molecule has 0 saturated carbocycles. The molecule has 0 aliphatic carbocycles. The van der Waals surface area contributed by atoms with Crippen molar-refractivity contribution < 1.29 is 9.59 Å². The van der Waals surface area contributed by atoms with Crippen molar-refractivity contribution in [3.8, 4) is 0 Å². The lowest BCUT2D eigenvalue weighted by atomic mass is 10.1. The van der Waals surface area contributed by atoms with Crippen LogP contribution in [0.4, 0.5) is 0 Å². The molecule has 2 rings (SSSR count). The van der Waals surface area contributed by atoms with Crippen LogP contribution in [0.15, 0.2) is 30.3 Å². The van der Waals surface area contributed by atoms with E-state index in [9.17, 15) is 9.59 Å². The predicted octanol–water partition coefficient (Wildman–Crippen LogP) is 1.81. The zero-order chi connectivity index (χ0) is 12.1. The molecule has 1 amide bonds. The van der Waals surface area contributed by atoms with E-state index in [1.807, 2.05) is 30.3 Å². The van der Waals surface area contributed by atoms with Gasteiger partial charge in [0.15, 0.2) is 0 Å². The van der Waals surface area contributed by atoms with Crippen LogP contribution in [-0.2, 0) is 16.0 Å². The van der Waals surface area contributed by atoms with Gasteiger partial charge in [-0.3, -0.25) is 4.79 Å². The van der Waals surface area contributed by atoms with Gasteiger partial charge >= 0.3 is 0 Å². The van der Waals surface area contributed by atoms with Crippen LogP contribution in [0.5, 0.6) is 0 Å². The summed E-state index contributed by atoms with van der Waals surface area (Å²) >= 11 is 0. The highest BCUT2D eigenvalue weighted by Crippen LogP contribution is 2.17. The number of hydrogen-bond donors (Lipinski definition) is 0. The van der Waals surface area contributed by atoms with Gasteiger partial charge in [0.1, 0.15) is 6.29 Å². The average molecular weight is 231 g/mol. The fourth-order valence-electron chi connectivity index (χ4n) is 2.28. The first-order valence-corrected chi connectivity index (χ1v) is 6.10. The van der Waals surface area contributed by atoms with Gasteiger partial charge in [0.25, 0.3) is 0 Å². The minimum Gasteiger partial charge on any atom is -0.333 e. The summed E-state index contributed by atoms with van der Waals surface area (Å²) in [7, 11) is 0. The largest absolute Gasteiger partial charge is 0.333 e.